The third-order valence-electron chi connectivity index (χ3n) is 4.54. The number of fused-ring (bicyclic) bond motifs is 2. The van der Waals surface area contributed by atoms with Gasteiger partial charge in [0.25, 0.3) is 5.75 Å². The van der Waals surface area contributed by atoms with Crippen LogP contribution in [0.2, 0.25) is 0 Å². The summed E-state index contributed by atoms with van der Waals surface area (Å²) in [5.41, 5.74) is 1.82. The molecule has 1 atom stereocenters. The van der Waals surface area contributed by atoms with Crippen LogP contribution < -0.4 is 9.61 Å². The Morgan fingerprint density at radius 2 is 1.44 bits per heavy atom. The molecule has 4 aromatic rings. The van der Waals surface area contributed by atoms with Gasteiger partial charge in [0.05, 0.1) is 12.2 Å². The second-order valence-electron chi connectivity index (χ2n) is 6.22. The molecule has 0 aliphatic heterocycles. The van der Waals surface area contributed by atoms with Gasteiger partial charge in [-0.15, -0.1) is 0 Å². The minimum atomic E-state index is 0.0314. The van der Waals surface area contributed by atoms with Gasteiger partial charge in [0.15, 0.2) is 0 Å². The molecule has 0 spiro atoms. The van der Waals surface area contributed by atoms with E-state index in [9.17, 15) is 0 Å². The van der Waals surface area contributed by atoms with Gasteiger partial charge < -0.3 is 14.7 Å². The van der Waals surface area contributed by atoms with E-state index in [4.69, 9.17) is 14.7 Å². The maximum Gasteiger partial charge on any atom is 0.262 e. The number of nitrogens with one attached hydrogen (secondary N) is 1. The summed E-state index contributed by atoms with van der Waals surface area (Å²) in [6, 6.07) is 24.1. The predicted octanol–water partition coefficient (Wildman–Crippen LogP) is 4.57. The Labute approximate surface area is 159 Å². The standard InChI is InChI=1S/C22H20NO3P/c24-14-13-23-27-26-20-12-10-16-6-2-4-8-18(16)22(20)21-17-7-3-1-5-15(17)9-11-19(21)25/h1-12,23-25,27H,13-14H2/p+1. The van der Waals surface area contributed by atoms with E-state index in [0.29, 0.717) is 12.3 Å². The second kappa shape index (κ2) is 7.93. The van der Waals surface area contributed by atoms with Crippen molar-refractivity contribution >= 4 is 30.5 Å². The maximum atomic E-state index is 8.95. The Kier molecular flexibility index (Phi) is 5.21. The molecule has 4 aromatic carbocycles. The van der Waals surface area contributed by atoms with E-state index in [1.165, 1.54) is 0 Å². The van der Waals surface area contributed by atoms with Crippen LogP contribution in [0.5, 0.6) is 11.5 Å². The van der Waals surface area contributed by atoms with E-state index in [1.807, 2.05) is 48.5 Å². The Morgan fingerprint density at radius 3 is 2.15 bits per heavy atom. The van der Waals surface area contributed by atoms with Gasteiger partial charge in [-0.25, -0.2) is 0 Å². The lowest BCUT2D eigenvalue weighted by Gasteiger charge is -2.16. The van der Waals surface area contributed by atoms with Gasteiger partial charge in [-0.1, -0.05) is 54.6 Å². The predicted molar refractivity (Wildman–Crippen MR) is 114 cm³/mol. The van der Waals surface area contributed by atoms with E-state index in [-0.39, 0.29) is 15.6 Å². The van der Waals surface area contributed by atoms with Crippen LogP contribution in [-0.2, 0) is 0 Å². The fourth-order valence-corrected chi connectivity index (χ4v) is 3.90. The molecule has 0 aliphatic carbocycles. The Hall–Kier alpha value is -2.65. The number of hydrogen-bond donors (Lipinski definition) is 2. The molecule has 136 valence electrons. The number of hydrogen-bond acceptors (Lipinski definition) is 3. The van der Waals surface area contributed by atoms with E-state index in [2.05, 4.69) is 29.4 Å². The van der Waals surface area contributed by atoms with E-state index >= 15 is 0 Å². The molecule has 27 heavy (non-hydrogen) atoms. The SMILES string of the molecule is OCCNPOc1ccc2ccccc2c1-c1c([OH2+])ccc2ccccc12. The van der Waals surface area contributed by atoms with Crippen LogP contribution in [0.25, 0.3) is 32.7 Å². The topological polar surface area (TPSA) is 64.4 Å². The number of aliphatic hydroxyl groups is 1. The van der Waals surface area contributed by atoms with Gasteiger partial charge in [0.2, 0.25) is 0 Å². The molecule has 4 nitrogen and oxygen atoms in total. The van der Waals surface area contributed by atoms with Gasteiger partial charge >= 0.3 is 0 Å². The highest BCUT2D eigenvalue weighted by atomic mass is 31.1. The zero-order valence-corrected chi connectivity index (χ0v) is 15.7. The first kappa shape index (κ1) is 17.7. The molecule has 0 amide bonds. The maximum absolute atomic E-state index is 8.95. The van der Waals surface area contributed by atoms with Crippen molar-refractivity contribution in [2.75, 3.05) is 13.2 Å². The van der Waals surface area contributed by atoms with Gasteiger partial charge in [0.1, 0.15) is 14.7 Å². The van der Waals surface area contributed by atoms with Gasteiger partial charge in [0, 0.05) is 18.2 Å². The van der Waals surface area contributed by atoms with Gasteiger partial charge in [-0.2, -0.15) is 0 Å². The van der Waals surface area contributed by atoms with Crippen molar-refractivity contribution in [2.45, 2.75) is 0 Å². The second-order valence-corrected chi connectivity index (χ2v) is 6.99. The Morgan fingerprint density at radius 1 is 0.815 bits per heavy atom. The zero-order valence-electron chi connectivity index (χ0n) is 14.7. The summed E-state index contributed by atoms with van der Waals surface area (Å²) in [5.74, 6) is 1.21. The summed E-state index contributed by atoms with van der Waals surface area (Å²) in [4.78, 5) is 0. The van der Waals surface area contributed by atoms with Crippen LogP contribution in [0.3, 0.4) is 0 Å². The van der Waals surface area contributed by atoms with Gasteiger partial charge in [-0.05, 0) is 33.7 Å². The average molecular weight is 378 g/mol. The molecule has 0 saturated heterocycles. The fourth-order valence-electron chi connectivity index (χ4n) is 3.33. The average Bonchev–Trinajstić information content (AvgIpc) is 2.71. The highest BCUT2D eigenvalue weighted by Gasteiger charge is 2.20. The van der Waals surface area contributed by atoms with E-state index < -0.39 is 0 Å². The smallest absolute Gasteiger partial charge is 0.262 e. The molecular weight excluding hydrogens is 357 g/mol. The zero-order chi connectivity index (χ0) is 18.6. The first-order chi connectivity index (χ1) is 13.3. The normalized spacial score (nSPS) is 11.6. The van der Waals surface area contributed by atoms with Crippen LogP contribution in [-0.4, -0.2) is 23.4 Å². The first-order valence-corrected chi connectivity index (χ1v) is 9.71. The molecule has 4 rings (SSSR count). The van der Waals surface area contributed by atoms with E-state index in [0.717, 1.165) is 38.4 Å². The lowest BCUT2D eigenvalue weighted by atomic mass is 9.92. The summed E-state index contributed by atoms with van der Waals surface area (Å²) in [5, 5.41) is 24.9. The van der Waals surface area contributed by atoms with Crippen molar-refractivity contribution < 1.29 is 14.7 Å². The summed E-state index contributed by atoms with van der Waals surface area (Å²) >= 11 is 0. The van der Waals surface area contributed by atoms with Crippen molar-refractivity contribution in [3.63, 3.8) is 0 Å². The minimum Gasteiger partial charge on any atom is -0.593 e. The summed E-state index contributed by atoms with van der Waals surface area (Å²) < 4.78 is 6.03. The monoisotopic (exact) mass is 378 g/mol. The summed E-state index contributed by atoms with van der Waals surface area (Å²) in [6.07, 6.45) is 0. The molecule has 0 saturated carbocycles. The van der Waals surface area contributed by atoms with Crippen molar-refractivity contribution in [3.8, 4) is 22.6 Å². The fraction of sp³-hybridized carbons (Fsp3) is 0.0909. The van der Waals surface area contributed by atoms with Crippen molar-refractivity contribution in [1.29, 1.82) is 0 Å². The quantitative estimate of drug-likeness (QED) is 0.294. The molecule has 0 heterocycles. The number of aliphatic hydroxyl groups excluding tert-OH is 1. The summed E-state index contributed by atoms with van der Waals surface area (Å²) in [7, 11) is 0.0314. The third-order valence-corrected chi connectivity index (χ3v) is 5.26. The number of benzene rings is 4. The molecule has 1 unspecified atom stereocenters. The largest absolute Gasteiger partial charge is 0.593 e. The molecule has 0 aromatic heterocycles. The van der Waals surface area contributed by atoms with Crippen LogP contribution >= 0.6 is 8.96 Å². The molecule has 5 heteroatoms. The molecule has 4 N–H and O–H groups in total. The lowest BCUT2D eigenvalue weighted by Crippen LogP contribution is -2.09. The number of rotatable bonds is 6. The highest BCUT2D eigenvalue weighted by molar-refractivity contribution is 7.30. The van der Waals surface area contributed by atoms with Crippen LogP contribution in [0.4, 0.5) is 0 Å². The molecule has 0 radical (unpaired) electrons. The van der Waals surface area contributed by atoms with Crippen molar-refractivity contribution in [2.24, 2.45) is 0 Å². The van der Waals surface area contributed by atoms with E-state index in [1.54, 1.807) is 0 Å². The third kappa shape index (κ3) is 3.47. The molecular formula is C22H21NO3P+. The van der Waals surface area contributed by atoms with Crippen molar-refractivity contribution in [1.82, 2.24) is 5.09 Å². The lowest BCUT2D eigenvalue weighted by molar-refractivity contribution is 0.301. The Bertz CT molecular complexity index is 1100. The van der Waals surface area contributed by atoms with Crippen LogP contribution in [0.15, 0.2) is 72.8 Å². The molecule has 0 fully saturated rings. The van der Waals surface area contributed by atoms with Gasteiger partial charge in [-0.3, -0.25) is 5.09 Å². The van der Waals surface area contributed by atoms with Crippen LogP contribution in [0.1, 0.15) is 0 Å². The molecule has 0 bridgehead atoms. The Balaban J connectivity index is 1.96. The molecule has 0 aliphatic rings. The summed E-state index contributed by atoms with van der Waals surface area (Å²) in [6.45, 7) is 0.556. The minimum absolute atomic E-state index is 0.0314. The first-order valence-electron chi connectivity index (χ1n) is 8.80. The van der Waals surface area contributed by atoms with Crippen molar-refractivity contribution in [3.05, 3.63) is 72.8 Å². The van der Waals surface area contributed by atoms with Crippen LogP contribution in [0, 0.1) is 0 Å². The highest BCUT2D eigenvalue weighted by Crippen LogP contribution is 2.45.